The lowest BCUT2D eigenvalue weighted by Gasteiger charge is -2.12. The number of H-pyrrole nitrogens is 1. The molecule has 2 aromatic rings. The van der Waals surface area contributed by atoms with Crippen LogP contribution in [0.4, 0.5) is 0 Å². The predicted octanol–water partition coefficient (Wildman–Crippen LogP) is 3.70. The first-order valence-corrected chi connectivity index (χ1v) is 6.67. The summed E-state index contributed by atoms with van der Waals surface area (Å²) in [7, 11) is 1.66. The summed E-state index contributed by atoms with van der Waals surface area (Å²) in [6.07, 6.45) is 7.72. The largest absolute Gasteiger partial charge is 0.497 e. The molecule has 3 nitrogen and oxygen atoms in total. The SMILES string of the molecule is COc1ccc2[nH]cc(/C=C3\CCCCC3=O)c2c1. The highest BCUT2D eigenvalue weighted by molar-refractivity contribution is 6.02. The van der Waals surface area contributed by atoms with Gasteiger partial charge in [-0.15, -0.1) is 0 Å². The molecular weight excluding hydrogens is 238 g/mol. The van der Waals surface area contributed by atoms with Crippen molar-refractivity contribution in [2.75, 3.05) is 7.11 Å². The van der Waals surface area contributed by atoms with Crippen LogP contribution in [-0.4, -0.2) is 17.9 Å². The van der Waals surface area contributed by atoms with Gasteiger partial charge in [0.25, 0.3) is 0 Å². The molecule has 1 aromatic carbocycles. The zero-order valence-corrected chi connectivity index (χ0v) is 11.0. The van der Waals surface area contributed by atoms with Crippen LogP contribution in [0.5, 0.6) is 5.75 Å². The monoisotopic (exact) mass is 255 g/mol. The Kier molecular flexibility index (Phi) is 3.11. The minimum absolute atomic E-state index is 0.295. The number of fused-ring (bicyclic) bond motifs is 1. The Morgan fingerprint density at radius 1 is 1.26 bits per heavy atom. The van der Waals surface area contributed by atoms with Crippen LogP contribution in [0.15, 0.2) is 30.0 Å². The third-order valence-corrected chi connectivity index (χ3v) is 3.71. The van der Waals surface area contributed by atoms with Gasteiger partial charge in [-0.2, -0.15) is 0 Å². The van der Waals surface area contributed by atoms with Gasteiger partial charge in [-0.05, 0) is 49.1 Å². The fourth-order valence-electron chi connectivity index (χ4n) is 2.61. The number of ether oxygens (including phenoxy) is 1. The molecule has 3 rings (SSSR count). The van der Waals surface area contributed by atoms with Crippen molar-refractivity contribution < 1.29 is 9.53 Å². The number of aromatic nitrogens is 1. The third kappa shape index (κ3) is 2.28. The van der Waals surface area contributed by atoms with Crippen LogP contribution < -0.4 is 4.74 Å². The van der Waals surface area contributed by atoms with Crippen molar-refractivity contribution in [2.45, 2.75) is 25.7 Å². The number of nitrogens with one attached hydrogen (secondary N) is 1. The molecule has 0 amide bonds. The second-order valence-electron chi connectivity index (χ2n) is 4.96. The number of methoxy groups -OCH3 is 1. The number of allylic oxidation sites excluding steroid dienone is 1. The molecule has 98 valence electrons. The van der Waals surface area contributed by atoms with Crippen molar-refractivity contribution in [3.8, 4) is 5.75 Å². The summed E-state index contributed by atoms with van der Waals surface area (Å²) in [5.74, 6) is 1.13. The summed E-state index contributed by atoms with van der Waals surface area (Å²) >= 11 is 0. The second kappa shape index (κ2) is 4.92. The van der Waals surface area contributed by atoms with Gasteiger partial charge in [0.1, 0.15) is 5.75 Å². The summed E-state index contributed by atoms with van der Waals surface area (Å²) in [6.45, 7) is 0. The number of ketones is 1. The fraction of sp³-hybridized carbons (Fsp3) is 0.312. The van der Waals surface area contributed by atoms with E-state index in [4.69, 9.17) is 4.74 Å². The standard InChI is InChI=1S/C16H17NO2/c1-19-13-6-7-15-14(9-13)12(10-17-15)8-11-4-2-3-5-16(11)18/h6-10,17H,2-5H2,1H3/b11-8+. The maximum absolute atomic E-state index is 11.9. The molecule has 1 heterocycles. The number of hydrogen-bond acceptors (Lipinski definition) is 2. The van der Waals surface area contributed by atoms with Gasteiger partial charge in [-0.3, -0.25) is 4.79 Å². The molecule has 1 saturated carbocycles. The van der Waals surface area contributed by atoms with E-state index in [1.807, 2.05) is 30.5 Å². The number of hydrogen-bond donors (Lipinski definition) is 1. The Labute approximate surface area is 112 Å². The maximum atomic E-state index is 11.9. The molecular formula is C16H17NO2. The Bertz CT molecular complexity index is 652. The number of benzene rings is 1. The Morgan fingerprint density at radius 3 is 2.89 bits per heavy atom. The molecule has 0 bridgehead atoms. The van der Waals surface area contributed by atoms with Gasteiger partial charge >= 0.3 is 0 Å². The van der Waals surface area contributed by atoms with E-state index in [1.165, 1.54) is 0 Å². The minimum atomic E-state index is 0.295. The van der Waals surface area contributed by atoms with E-state index in [0.717, 1.165) is 47.1 Å². The molecule has 1 aliphatic carbocycles. The second-order valence-corrected chi connectivity index (χ2v) is 4.96. The number of rotatable bonds is 2. The Morgan fingerprint density at radius 2 is 2.11 bits per heavy atom. The molecule has 0 atom stereocenters. The van der Waals surface area contributed by atoms with Gasteiger partial charge in [0.2, 0.25) is 0 Å². The van der Waals surface area contributed by atoms with Crippen molar-refractivity contribution >= 4 is 22.8 Å². The molecule has 19 heavy (non-hydrogen) atoms. The lowest BCUT2D eigenvalue weighted by molar-refractivity contribution is -0.116. The first-order valence-electron chi connectivity index (χ1n) is 6.67. The average molecular weight is 255 g/mol. The summed E-state index contributed by atoms with van der Waals surface area (Å²) < 4.78 is 5.26. The minimum Gasteiger partial charge on any atom is -0.497 e. The molecule has 0 aliphatic heterocycles. The molecule has 1 aliphatic rings. The first-order chi connectivity index (χ1) is 9.28. The average Bonchev–Trinajstić information content (AvgIpc) is 2.84. The van der Waals surface area contributed by atoms with Crippen LogP contribution in [0, 0.1) is 0 Å². The molecule has 1 N–H and O–H groups in total. The summed E-state index contributed by atoms with van der Waals surface area (Å²) in [4.78, 5) is 15.1. The van der Waals surface area contributed by atoms with Gasteiger partial charge in [-0.1, -0.05) is 0 Å². The normalized spacial score (nSPS) is 18.2. The summed E-state index contributed by atoms with van der Waals surface area (Å²) in [6, 6.07) is 5.94. The van der Waals surface area contributed by atoms with Crippen LogP contribution in [0.2, 0.25) is 0 Å². The number of Topliss-reactive ketones (excluding diaryl/α,β-unsaturated/α-hetero) is 1. The highest BCUT2D eigenvalue weighted by atomic mass is 16.5. The molecule has 1 aromatic heterocycles. The number of carbonyl (C=O) groups excluding carboxylic acids is 1. The van der Waals surface area contributed by atoms with E-state index < -0.39 is 0 Å². The first kappa shape index (κ1) is 12.0. The van der Waals surface area contributed by atoms with Crippen molar-refractivity contribution in [1.29, 1.82) is 0 Å². The van der Waals surface area contributed by atoms with E-state index in [0.29, 0.717) is 12.2 Å². The molecule has 0 radical (unpaired) electrons. The van der Waals surface area contributed by atoms with E-state index >= 15 is 0 Å². The Hall–Kier alpha value is -2.03. The van der Waals surface area contributed by atoms with Crippen molar-refractivity contribution in [2.24, 2.45) is 0 Å². The van der Waals surface area contributed by atoms with Gasteiger partial charge in [0, 0.05) is 29.1 Å². The van der Waals surface area contributed by atoms with Crippen molar-refractivity contribution in [1.82, 2.24) is 4.98 Å². The van der Waals surface area contributed by atoms with E-state index in [-0.39, 0.29) is 0 Å². The topological polar surface area (TPSA) is 42.1 Å². The highest BCUT2D eigenvalue weighted by Crippen LogP contribution is 2.28. The van der Waals surface area contributed by atoms with Gasteiger partial charge < -0.3 is 9.72 Å². The van der Waals surface area contributed by atoms with Crippen LogP contribution in [0.25, 0.3) is 17.0 Å². The number of aromatic amines is 1. The predicted molar refractivity (Wildman–Crippen MR) is 76.3 cm³/mol. The van der Waals surface area contributed by atoms with Gasteiger partial charge in [0.05, 0.1) is 7.11 Å². The van der Waals surface area contributed by atoms with Crippen LogP contribution >= 0.6 is 0 Å². The summed E-state index contributed by atoms with van der Waals surface area (Å²) in [5, 5.41) is 1.10. The Balaban J connectivity index is 2.04. The zero-order valence-electron chi connectivity index (χ0n) is 11.0. The zero-order chi connectivity index (χ0) is 13.2. The van der Waals surface area contributed by atoms with Crippen molar-refractivity contribution in [3.05, 3.63) is 35.5 Å². The smallest absolute Gasteiger partial charge is 0.158 e. The number of carbonyl (C=O) groups is 1. The van der Waals surface area contributed by atoms with Crippen LogP contribution in [-0.2, 0) is 4.79 Å². The van der Waals surface area contributed by atoms with Crippen LogP contribution in [0.3, 0.4) is 0 Å². The molecule has 0 saturated heterocycles. The van der Waals surface area contributed by atoms with Crippen LogP contribution in [0.1, 0.15) is 31.2 Å². The molecule has 0 spiro atoms. The molecule has 3 heteroatoms. The lowest BCUT2D eigenvalue weighted by Crippen LogP contribution is -2.07. The van der Waals surface area contributed by atoms with E-state index in [2.05, 4.69) is 4.98 Å². The fourth-order valence-corrected chi connectivity index (χ4v) is 2.61. The molecule has 0 unspecified atom stereocenters. The maximum Gasteiger partial charge on any atom is 0.158 e. The van der Waals surface area contributed by atoms with Crippen molar-refractivity contribution in [3.63, 3.8) is 0 Å². The summed E-state index contributed by atoms with van der Waals surface area (Å²) in [5.41, 5.74) is 3.09. The quantitative estimate of drug-likeness (QED) is 0.831. The van der Waals surface area contributed by atoms with Gasteiger partial charge in [0.15, 0.2) is 5.78 Å². The van der Waals surface area contributed by atoms with E-state index in [1.54, 1.807) is 7.11 Å². The van der Waals surface area contributed by atoms with Gasteiger partial charge in [-0.25, -0.2) is 0 Å². The third-order valence-electron chi connectivity index (χ3n) is 3.71. The lowest BCUT2D eigenvalue weighted by atomic mass is 9.92. The van der Waals surface area contributed by atoms with E-state index in [9.17, 15) is 4.79 Å². The highest BCUT2D eigenvalue weighted by Gasteiger charge is 2.15. The molecule has 1 fully saturated rings.